The van der Waals surface area contributed by atoms with E-state index in [-0.39, 0.29) is 19.4 Å². The molecule has 7 heteroatoms. The number of anilines is 1. The first kappa shape index (κ1) is 23.6. The lowest BCUT2D eigenvalue weighted by Crippen LogP contribution is -2.41. The standard InChI is InChI=1S/C24H30N4O3.CH4/c29-23(21-8-11-25-22(16-21)27-12-4-5-13-27)26-17-19-9-14-28(15-10-19)24(30)31-18-20-6-2-1-3-7-20;/h1-3,6-8,11,16,19H,4-5,9-10,12-15,17-18H2,(H,26,29);1H4. The number of benzene rings is 1. The summed E-state index contributed by atoms with van der Waals surface area (Å²) in [5.41, 5.74) is 1.64. The third kappa shape index (κ3) is 6.22. The van der Waals surface area contributed by atoms with Gasteiger partial charge < -0.3 is 19.9 Å². The first-order chi connectivity index (χ1) is 15.2. The Morgan fingerprint density at radius 3 is 2.47 bits per heavy atom. The van der Waals surface area contributed by atoms with Crippen molar-refractivity contribution in [3.63, 3.8) is 0 Å². The molecule has 2 aliphatic rings. The highest BCUT2D eigenvalue weighted by Gasteiger charge is 2.24. The summed E-state index contributed by atoms with van der Waals surface area (Å²) in [6.45, 7) is 4.23. The van der Waals surface area contributed by atoms with Gasteiger partial charge in [-0.05, 0) is 49.3 Å². The Balaban J connectivity index is 0.00000289. The minimum absolute atomic E-state index is 0. The van der Waals surface area contributed by atoms with Crippen molar-refractivity contribution in [2.75, 3.05) is 37.6 Å². The summed E-state index contributed by atoms with van der Waals surface area (Å²) in [4.78, 5) is 33.3. The number of carbonyl (C=O) groups excluding carboxylic acids is 2. The molecule has 2 saturated heterocycles. The molecule has 0 aliphatic carbocycles. The van der Waals surface area contributed by atoms with Gasteiger partial charge in [-0.25, -0.2) is 9.78 Å². The second kappa shape index (κ2) is 11.5. The second-order valence-corrected chi connectivity index (χ2v) is 8.28. The van der Waals surface area contributed by atoms with E-state index in [2.05, 4.69) is 15.2 Å². The van der Waals surface area contributed by atoms with E-state index in [0.29, 0.717) is 37.7 Å². The molecule has 1 aromatic carbocycles. The summed E-state index contributed by atoms with van der Waals surface area (Å²) in [7, 11) is 0. The van der Waals surface area contributed by atoms with Gasteiger partial charge >= 0.3 is 6.09 Å². The van der Waals surface area contributed by atoms with E-state index < -0.39 is 0 Å². The maximum absolute atomic E-state index is 12.6. The van der Waals surface area contributed by atoms with E-state index in [0.717, 1.165) is 37.3 Å². The highest BCUT2D eigenvalue weighted by atomic mass is 16.6. The molecule has 172 valence electrons. The fourth-order valence-electron chi connectivity index (χ4n) is 4.15. The number of amides is 2. The van der Waals surface area contributed by atoms with Gasteiger partial charge in [-0.15, -0.1) is 0 Å². The van der Waals surface area contributed by atoms with Crippen molar-refractivity contribution in [3.05, 3.63) is 59.8 Å². The van der Waals surface area contributed by atoms with Crippen molar-refractivity contribution in [1.82, 2.24) is 15.2 Å². The topological polar surface area (TPSA) is 74.8 Å². The highest BCUT2D eigenvalue weighted by molar-refractivity contribution is 5.94. The Morgan fingerprint density at radius 1 is 1.03 bits per heavy atom. The number of hydrogen-bond donors (Lipinski definition) is 1. The summed E-state index contributed by atoms with van der Waals surface area (Å²) < 4.78 is 5.42. The molecular weight excluding hydrogens is 404 g/mol. The van der Waals surface area contributed by atoms with Crippen LogP contribution in [-0.2, 0) is 11.3 Å². The molecule has 32 heavy (non-hydrogen) atoms. The SMILES string of the molecule is C.O=C(NCC1CCN(C(=O)OCc2ccccc2)CC1)c1ccnc(N2CCCC2)c1. The first-order valence-corrected chi connectivity index (χ1v) is 11.1. The molecule has 2 amide bonds. The molecule has 4 rings (SSSR count). The molecule has 0 unspecified atom stereocenters. The van der Waals surface area contributed by atoms with Gasteiger partial charge in [-0.2, -0.15) is 0 Å². The molecule has 2 aromatic rings. The number of likely N-dealkylation sites (tertiary alicyclic amines) is 1. The number of aromatic nitrogens is 1. The van der Waals surface area contributed by atoms with Crippen molar-refractivity contribution in [3.8, 4) is 0 Å². The quantitative estimate of drug-likeness (QED) is 0.735. The monoisotopic (exact) mass is 438 g/mol. The number of hydrogen-bond acceptors (Lipinski definition) is 5. The van der Waals surface area contributed by atoms with Crippen LogP contribution < -0.4 is 10.2 Å². The maximum atomic E-state index is 12.6. The molecule has 7 nitrogen and oxygen atoms in total. The molecule has 0 saturated carbocycles. The van der Waals surface area contributed by atoms with Crippen molar-refractivity contribution in [2.24, 2.45) is 5.92 Å². The van der Waals surface area contributed by atoms with Crippen LogP contribution in [0.5, 0.6) is 0 Å². The van der Waals surface area contributed by atoms with E-state index in [9.17, 15) is 9.59 Å². The number of rotatable bonds is 6. The van der Waals surface area contributed by atoms with E-state index in [1.54, 1.807) is 17.2 Å². The Morgan fingerprint density at radius 2 is 1.75 bits per heavy atom. The molecule has 0 bridgehead atoms. The van der Waals surface area contributed by atoms with Crippen molar-refractivity contribution < 1.29 is 14.3 Å². The number of nitrogens with zero attached hydrogens (tertiary/aromatic N) is 3. The molecular formula is C25H34N4O3. The molecule has 3 heterocycles. The molecule has 2 fully saturated rings. The molecule has 0 radical (unpaired) electrons. The number of ether oxygens (including phenoxy) is 1. The van der Waals surface area contributed by atoms with Gasteiger partial charge in [0.2, 0.25) is 0 Å². The van der Waals surface area contributed by atoms with Gasteiger partial charge in [0.1, 0.15) is 12.4 Å². The number of piperidine rings is 1. The van der Waals surface area contributed by atoms with Crippen LogP contribution in [0.4, 0.5) is 10.6 Å². The lowest BCUT2D eigenvalue weighted by molar-refractivity contribution is 0.0801. The van der Waals surface area contributed by atoms with Gasteiger partial charge in [0.25, 0.3) is 5.91 Å². The smallest absolute Gasteiger partial charge is 0.410 e. The minimum atomic E-state index is -0.266. The predicted octanol–water partition coefficient (Wildman–Crippen LogP) is 4.10. The van der Waals surface area contributed by atoms with Gasteiger partial charge in [0.15, 0.2) is 0 Å². The van der Waals surface area contributed by atoms with Gasteiger partial charge in [0, 0.05) is 44.5 Å². The first-order valence-electron chi connectivity index (χ1n) is 11.1. The van der Waals surface area contributed by atoms with Gasteiger partial charge in [-0.3, -0.25) is 4.79 Å². The third-order valence-electron chi connectivity index (χ3n) is 6.07. The number of pyridine rings is 1. The van der Waals surface area contributed by atoms with Crippen LogP contribution in [0.25, 0.3) is 0 Å². The third-order valence-corrected chi connectivity index (χ3v) is 6.07. The minimum Gasteiger partial charge on any atom is -0.445 e. The van der Waals surface area contributed by atoms with Gasteiger partial charge in [-0.1, -0.05) is 37.8 Å². The molecule has 2 aliphatic heterocycles. The van der Waals surface area contributed by atoms with Crippen molar-refractivity contribution in [1.29, 1.82) is 0 Å². The van der Waals surface area contributed by atoms with Crippen LogP contribution >= 0.6 is 0 Å². The predicted molar refractivity (Wildman–Crippen MR) is 126 cm³/mol. The molecule has 1 aromatic heterocycles. The van der Waals surface area contributed by atoms with Crippen LogP contribution in [0, 0.1) is 5.92 Å². The number of carbonyl (C=O) groups is 2. The second-order valence-electron chi connectivity index (χ2n) is 8.28. The lowest BCUT2D eigenvalue weighted by atomic mass is 9.97. The summed E-state index contributed by atoms with van der Waals surface area (Å²) in [5.74, 6) is 1.18. The van der Waals surface area contributed by atoms with E-state index in [1.165, 1.54) is 12.8 Å². The Kier molecular flexibility index (Phi) is 8.48. The van der Waals surface area contributed by atoms with Crippen LogP contribution in [-0.4, -0.2) is 54.6 Å². The van der Waals surface area contributed by atoms with E-state index >= 15 is 0 Å². The van der Waals surface area contributed by atoms with Crippen LogP contribution in [0.15, 0.2) is 48.7 Å². The van der Waals surface area contributed by atoms with Crippen LogP contribution in [0.2, 0.25) is 0 Å². The fraction of sp³-hybridized carbons (Fsp3) is 0.480. The Labute approximate surface area is 190 Å². The number of nitrogens with one attached hydrogen (secondary N) is 1. The zero-order valence-electron chi connectivity index (χ0n) is 17.8. The highest BCUT2D eigenvalue weighted by Crippen LogP contribution is 2.20. The van der Waals surface area contributed by atoms with E-state index in [4.69, 9.17) is 4.74 Å². The van der Waals surface area contributed by atoms with Crippen LogP contribution in [0.3, 0.4) is 0 Å². The molecule has 0 atom stereocenters. The molecule has 1 N–H and O–H groups in total. The van der Waals surface area contributed by atoms with Crippen molar-refractivity contribution in [2.45, 2.75) is 39.7 Å². The lowest BCUT2D eigenvalue weighted by Gasteiger charge is -2.31. The van der Waals surface area contributed by atoms with Crippen molar-refractivity contribution >= 4 is 17.8 Å². The summed E-state index contributed by atoms with van der Waals surface area (Å²) in [6.07, 6.45) is 5.51. The zero-order valence-corrected chi connectivity index (χ0v) is 17.8. The summed E-state index contributed by atoms with van der Waals surface area (Å²) >= 11 is 0. The molecule has 0 spiro atoms. The van der Waals surface area contributed by atoms with Crippen LogP contribution in [0.1, 0.15) is 49.0 Å². The average molecular weight is 439 g/mol. The fourth-order valence-corrected chi connectivity index (χ4v) is 4.15. The summed E-state index contributed by atoms with van der Waals surface area (Å²) in [5, 5.41) is 3.06. The summed E-state index contributed by atoms with van der Waals surface area (Å²) in [6, 6.07) is 13.3. The largest absolute Gasteiger partial charge is 0.445 e. The van der Waals surface area contributed by atoms with E-state index in [1.807, 2.05) is 36.4 Å². The van der Waals surface area contributed by atoms with Gasteiger partial charge in [0.05, 0.1) is 0 Å². The average Bonchev–Trinajstić information content (AvgIpc) is 3.37. The maximum Gasteiger partial charge on any atom is 0.410 e. The normalized spacial score (nSPS) is 16.4. The Bertz CT molecular complexity index is 876. The Hall–Kier alpha value is -3.09. The zero-order chi connectivity index (χ0) is 21.5.